The van der Waals surface area contributed by atoms with Crippen molar-refractivity contribution in [3.05, 3.63) is 178 Å². The van der Waals surface area contributed by atoms with Gasteiger partial charge in [-0.15, -0.1) is 0 Å². The summed E-state index contributed by atoms with van der Waals surface area (Å²) in [6.07, 6.45) is 7.69. The predicted molar refractivity (Wildman–Crippen MR) is 281 cm³/mol. The highest BCUT2D eigenvalue weighted by Gasteiger charge is 2.40. The first-order chi connectivity index (χ1) is 31.3. The van der Waals surface area contributed by atoms with E-state index in [4.69, 9.17) is 14.2 Å². The van der Waals surface area contributed by atoms with E-state index < -0.39 is 15.8 Å². The van der Waals surface area contributed by atoms with Gasteiger partial charge in [-0.25, -0.2) is 0 Å². The van der Waals surface area contributed by atoms with Gasteiger partial charge in [-0.2, -0.15) is 0 Å². The standard InChI is InChI=1S/C59H73NO3P2/c1-43-35-45(3)56(47(5)54(43)39-64(50-23-14-10-15-24-50)51-25-16-11-17-26-51)62-32-22-31-59(9)38-49(37-58(7,8)41-59)60-42-61-33-34-63-57-46(4)36-44(2)55(48(57)6)40-65(52-27-18-12-19-28-52)53-29-20-13-21-30-53/h10-21,23-30,35-36,49,60H,22,31-34,37-42H2,1-9H3. The molecule has 7 rings (SSSR count). The molecule has 2 atom stereocenters. The van der Waals surface area contributed by atoms with E-state index in [0.717, 1.165) is 56.1 Å². The molecule has 0 bridgehead atoms. The zero-order valence-electron chi connectivity index (χ0n) is 40.7. The van der Waals surface area contributed by atoms with E-state index in [1.165, 1.54) is 72.1 Å². The summed E-state index contributed by atoms with van der Waals surface area (Å²) in [5.74, 6) is 2.07. The first-order valence-electron chi connectivity index (χ1n) is 23.8. The summed E-state index contributed by atoms with van der Waals surface area (Å²) in [4.78, 5) is 0. The van der Waals surface area contributed by atoms with E-state index in [-0.39, 0.29) is 10.8 Å². The van der Waals surface area contributed by atoms with Gasteiger partial charge in [0.2, 0.25) is 0 Å². The average molecular weight is 906 g/mol. The summed E-state index contributed by atoms with van der Waals surface area (Å²) in [5.41, 5.74) is 11.0. The van der Waals surface area contributed by atoms with Gasteiger partial charge in [0.1, 0.15) is 18.1 Å². The summed E-state index contributed by atoms with van der Waals surface area (Å²) in [6.45, 7) is 23.1. The van der Waals surface area contributed by atoms with Gasteiger partial charge in [0.15, 0.2) is 0 Å². The normalized spacial score (nSPS) is 17.1. The molecule has 0 amide bonds. The summed E-state index contributed by atoms with van der Waals surface area (Å²) in [7, 11) is -1.09. The van der Waals surface area contributed by atoms with Crippen LogP contribution >= 0.6 is 15.8 Å². The van der Waals surface area contributed by atoms with Gasteiger partial charge in [0.05, 0.1) is 19.9 Å². The summed E-state index contributed by atoms with van der Waals surface area (Å²) < 4.78 is 19.5. The fourth-order valence-electron chi connectivity index (χ4n) is 10.8. The van der Waals surface area contributed by atoms with Gasteiger partial charge in [-0.05, 0) is 166 Å². The number of aryl methyl sites for hydroxylation is 4. The molecule has 1 aliphatic carbocycles. The highest BCUT2D eigenvalue weighted by Crippen LogP contribution is 2.49. The van der Waals surface area contributed by atoms with Crippen LogP contribution in [0.25, 0.3) is 0 Å². The zero-order valence-corrected chi connectivity index (χ0v) is 42.5. The first-order valence-corrected chi connectivity index (χ1v) is 26.9. The molecule has 6 aromatic rings. The fraction of sp³-hybridized carbons (Fsp3) is 0.390. The van der Waals surface area contributed by atoms with Crippen LogP contribution in [-0.4, -0.2) is 32.6 Å². The number of hydrogen-bond donors (Lipinski definition) is 1. The molecule has 0 saturated heterocycles. The second-order valence-corrected chi connectivity index (χ2v) is 24.1. The molecule has 4 nitrogen and oxygen atoms in total. The molecule has 0 heterocycles. The lowest BCUT2D eigenvalue weighted by atomic mass is 9.61. The van der Waals surface area contributed by atoms with E-state index >= 15 is 0 Å². The lowest BCUT2D eigenvalue weighted by molar-refractivity contribution is 0.0302. The first kappa shape index (κ1) is 48.6. The fourth-order valence-corrected chi connectivity index (χ4v) is 15.9. The van der Waals surface area contributed by atoms with Crippen molar-refractivity contribution in [3.8, 4) is 11.5 Å². The van der Waals surface area contributed by atoms with E-state index in [0.29, 0.717) is 26.0 Å². The molecule has 1 saturated carbocycles. The molecule has 1 aliphatic rings. The third-order valence-electron chi connectivity index (χ3n) is 13.6. The van der Waals surface area contributed by atoms with Crippen LogP contribution in [-0.2, 0) is 17.1 Å². The smallest absolute Gasteiger partial charge is 0.125 e. The van der Waals surface area contributed by atoms with Crippen LogP contribution in [0.15, 0.2) is 133 Å². The van der Waals surface area contributed by atoms with Gasteiger partial charge in [-0.1, -0.05) is 154 Å². The second-order valence-electron chi connectivity index (χ2n) is 19.7. The maximum Gasteiger partial charge on any atom is 0.125 e. The Hall–Kier alpha value is -4.30. The second kappa shape index (κ2) is 22.5. The Morgan fingerprint density at radius 3 is 1.37 bits per heavy atom. The van der Waals surface area contributed by atoms with Crippen molar-refractivity contribution in [2.75, 3.05) is 26.6 Å². The highest BCUT2D eigenvalue weighted by molar-refractivity contribution is 7.72. The molecule has 0 spiro atoms. The van der Waals surface area contributed by atoms with Crippen molar-refractivity contribution in [1.82, 2.24) is 5.32 Å². The maximum atomic E-state index is 6.75. The number of ether oxygens (including phenoxy) is 3. The van der Waals surface area contributed by atoms with E-state index in [2.05, 4.69) is 201 Å². The predicted octanol–water partition coefficient (Wildman–Crippen LogP) is 13.2. The Labute approximate surface area is 394 Å². The van der Waals surface area contributed by atoms with Crippen LogP contribution in [0.4, 0.5) is 0 Å². The van der Waals surface area contributed by atoms with Crippen LogP contribution in [0.3, 0.4) is 0 Å². The lowest BCUT2D eigenvalue weighted by Gasteiger charge is -2.47. The number of benzene rings is 6. The zero-order chi connectivity index (χ0) is 46.0. The maximum absolute atomic E-state index is 6.75. The van der Waals surface area contributed by atoms with Crippen molar-refractivity contribution >= 4 is 37.1 Å². The number of nitrogens with one attached hydrogen (secondary N) is 1. The molecule has 0 radical (unpaired) electrons. The van der Waals surface area contributed by atoms with Crippen LogP contribution < -0.4 is 36.0 Å². The van der Waals surface area contributed by atoms with E-state index in [1.54, 1.807) is 0 Å². The average Bonchev–Trinajstić information content (AvgIpc) is 3.28. The van der Waals surface area contributed by atoms with Crippen molar-refractivity contribution < 1.29 is 14.2 Å². The van der Waals surface area contributed by atoms with E-state index in [1.807, 2.05) is 0 Å². The molecular formula is C59H73NO3P2. The molecule has 342 valence electrons. The third kappa shape index (κ3) is 12.8. The quantitative estimate of drug-likeness (QED) is 0.0471. The molecule has 0 aromatic heterocycles. The summed E-state index contributed by atoms with van der Waals surface area (Å²) >= 11 is 0. The van der Waals surface area contributed by atoms with Crippen LogP contribution in [0.5, 0.6) is 11.5 Å². The third-order valence-corrected chi connectivity index (χ3v) is 18.5. The van der Waals surface area contributed by atoms with Gasteiger partial charge in [0, 0.05) is 18.4 Å². The summed E-state index contributed by atoms with van der Waals surface area (Å²) in [5, 5.41) is 9.43. The Balaban J connectivity index is 0.905. The molecule has 6 heteroatoms. The molecular weight excluding hydrogens is 833 g/mol. The van der Waals surface area contributed by atoms with Crippen LogP contribution in [0.2, 0.25) is 0 Å². The SMILES string of the molecule is Cc1cc(C)c(OCCCC2(C)CC(NCOCCOc3c(C)cc(C)c(CP(c4ccccc4)c4ccccc4)c3C)CC(C)(C)C2)c(C)c1CP(c1ccccc1)c1ccccc1. The Bertz CT molecular complexity index is 2360. The molecule has 1 N–H and O–H groups in total. The van der Waals surface area contributed by atoms with Crippen molar-refractivity contribution in [3.63, 3.8) is 0 Å². The monoisotopic (exact) mass is 906 g/mol. The van der Waals surface area contributed by atoms with Crippen LogP contribution in [0.1, 0.15) is 97.4 Å². The lowest BCUT2D eigenvalue weighted by Crippen LogP contribution is -2.45. The Morgan fingerprint density at radius 2 is 0.938 bits per heavy atom. The Kier molecular flexibility index (Phi) is 16.8. The van der Waals surface area contributed by atoms with Crippen molar-refractivity contribution in [2.45, 2.75) is 113 Å². The van der Waals surface area contributed by atoms with Gasteiger partial charge in [-0.3, -0.25) is 5.32 Å². The van der Waals surface area contributed by atoms with Crippen LogP contribution in [0, 0.1) is 52.4 Å². The van der Waals surface area contributed by atoms with Crippen molar-refractivity contribution in [2.24, 2.45) is 10.8 Å². The Morgan fingerprint density at radius 1 is 0.523 bits per heavy atom. The number of rotatable bonds is 20. The highest BCUT2D eigenvalue weighted by atomic mass is 31.1. The minimum Gasteiger partial charge on any atom is -0.493 e. The molecule has 1 fully saturated rings. The molecule has 0 aliphatic heterocycles. The number of hydrogen-bond acceptors (Lipinski definition) is 4. The topological polar surface area (TPSA) is 39.7 Å². The van der Waals surface area contributed by atoms with Gasteiger partial charge in [0.25, 0.3) is 0 Å². The van der Waals surface area contributed by atoms with E-state index in [9.17, 15) is 0 Å². The molecule has 6 aromatic carbocycles. The molecule has 2 unspecified atom stereocenters. The summed E-state index contributed by atoms with van der Waals surface area (Å²) in [6, 6.07) is 49.1. The molecule has 65 heavy (non-hydrogen) atoms. The van der Waals surface area contributed by atoms with Crippen molar-refractivity contribution in [1.29, 1.82) is 0 Å². The minimum atomic E-state index is -0.552. The largest absolute Gasteiger partial charge is 0.493 e. The minimum absolute atomic E-state index is 0.231. The van der Waals surface area contributed by atoms with Gasteiger partial charge >= 0.3 is 0 Å². The van der Waals surface area contributed by atoms with Gasteiger partial charge < -0.3 is 14.2 Å².